The summed E-state index contributed by atoms with van der Waals surface area (Å²) in [6.07, 6.45) is 1.29. The summed E-state index contributed by atoms with van der Waals surface area (Å²) >= 11 is 6.17. The summed E-state index contributed by atoms with van der Waals surface area (Å²) in [7, 11) is 0. The summed E-state index contributed by atoms with van der Waals surface area (Å²) in [5.41, 5.74) is -0.0978. The zero-order chi connectivity index (χ0) is 33.6. The molecule has 1 aliphatic carbocycles. The molecule has 47 heavy (non-hydrogen) atoms. The Morgan fingerprint density at radius 1 is 0.957 bits per heavy atom. The average Bonchev–Trinajstić information content (AvgIpc) is 3.69. The molecule has 14 heteroatoms. The lowest BCUT2D eigenvalue weighted by Crippen LogP contribution is -2.62. The highest BCUT2D eigenvalue weighted by molar-refractivity contribution is 6.21. The number of aliphatic hydroxyl groups is 5. The lowest BCUT2D eigenvalue weighted by Gasteiger charge is -2.41. The predicted octanol–water partition coefficient (Wildman–Crippen LogP) is -0.164. The van der Waals surface area contributed by atoms with Crippen molar-refractivity contribution >= 4 is 17.5 Å². The maximum Gasteiger partial charge on any atom is 0.222 e. The number of ether oxygens (including phenoxy) is 1. The molecule has 272 valence electrons. The van der Waals surface area contributed by atoms with E-state index in [1.165, 1.54) is 12.8 Å². The summed E-state index contributed by atoms with van der Waals surface area (Å²) in [5, 5.41) is 56.2. The van der Waals surface area contributed by atoms with E-state index in [-0.39, 0.29) is 48.0 Å². The minimum atomic E-state index is -1.64. The number of aliphatic hydroxyl groups excluding tert-OH is 5. The molecule has 4 aliphatic heterocycles. The number of hydrogen-bond acceptors (Lipinski definition) is 11. The van der Waals surface area contributed by atoms with Crippen molar-refractivity contribution in [3.8, 4) is 0 Å². The topological polar surface area (TPSA) is 161 Å². The first-order valence-electron chi connectivity index (χ1n) is 18.0. The molecule has 0 aromatic rings. The van der Waals surface area contributed by atoms with Crippen molar-refractivity contribution < 1.29 is 39.5 Å². The molecule has 5 aliphatic rings. The average molecular weight is 692 g/mol. The summed E-state index contributed by atoms with van der Waals surface area (Å²) in [4.78, 5) is 19.6. The van der Waals surface area contributed by atoms with Gasteiger partial charge in [0.1, 0.15) is 30.8 Å². The van der Waals surface area contributed by atoms with Crippen LogP contribution in [0.3, 0.4) is 0 Å². The number of piperidine rings is 1. The van der Waals surface area contributed by atoms with Crippen LogP contribution in [0.2, 0.25) is 0 Å². The molecule has 1 amide bonds. The van der Waals surface area contributed by atoms with Gasteiger partial charge in [0.05, 0.1) is 24.2 Å². The minimum Gasteiger partial charge on any atom is -0.394 e. The van der Waals surface area contributed by atoms with Crippen molar-refractivity contribution in [3.05, 3.63) is 0 Å². The molecule has 0 radical (unpaired) electrons. The standard InChI is InChI=1S/C33H59ClFN5O7/c34-24-16-36-32(37-17-24)39-9-5-22(6-10-39)2-1-13-47-25-4-3-23(26(35)15-25)14-29(44)40-12-8-33(21-40)7-11-38(20-33)18-27(42)30(45)31(46)28(43)19-41/h22-28,30-32,36-37,41-43,45-46H,1-21H2/t23?,24?,25?,26?,27-,28+,30+,31+,32?,33?/m0/s1. The molecule has 1 saturated carbocycles. The lowest BCUT2D eigenvalue weighted by molar-refractivity contribution is -0.133. The van der Waals surface area contributed by atoms with Gasteiger partial charge < -0.3 is 40.1 Å². The van der Waals surface area contributed by atoms with Crippen LogP contribution in [-0.2, 0) is 9.53 Å². The van der Waals surface area contributed by atoms with Gasteiger partial charge in [-0.15, -0.1) is 11.6 Å². The van der Waals surface area contributed by atoms with Crippen LogP contribution in [0.4, 0.5) is 4.39 Å². The van der Waals surface area contributed by atoms with E-state index in [1.807, 2.05) is 9.80 Å². The number of carbonyl (C=O) groups is 1. The third kappa shape index (κ3) is 10.2. The minimum absolute atomic E-state index is 0.00764. The SMILES string of the molecule is O=C(CC1CCC(OCCCC2CCN(C3NCC(Cl)CN3)CC2)CC1F)N1CCC2(CCN(C[C@H](O)[C@@H](O)[C@H](O)[C@H](O)CO)C2)C1. The van der Waals surface area contributed by atoms with Gasteiger partial charge in [0.15, 0.2) is 0 Å². The van der Waals surface area contributed by atoms with Gasteiger partial charge in [0, 0.05) is 77.2 Å². The van der Waals surface area contributed by atoms with Crippen molar-refractivity contribution in [3.63, 3.8) is 0 Å². The third-order valence-corrected chi connectivity index (χ3v) is 11.9. The first-order chi connectivity index (χ1) is 22.6. The van der Waals surface area contributed by atoms with Crippen LogP contribution in [0, 0.1) is 17.3 Å². The Hall–Kier alpha value is -0.710. The quantitative estimate of drug-likeness (QED) is 0.0958. The highest BCUT2D eigenvalue weighted by Gasteiger charge is 2.46. The highest BCUT2D eigenvalue weighted by atomic mass is 35.5. The molecule has 5 rings (SSSR count). The first-order valence-corrected chi connectivity index (χ1v) is 18.4. The van der Waals surface area contributed by atoms with Crippen LogP contribution in [0.5, 0.6) is 0 Å². The Balaban J connectivity index is 0.940. The Labute approximate surface area is 283 Å². The molecule has 7 N–H and O–H groups in total. The molecule has 5 fully saturated rings. The Morgan fingerprint density at radius 2 is 1.66 bits per heavy atom. The van der Waals surface area contributed by atoms with E-state index in [2.05, 4.69) is 15.5 Å². The summed E-state index contributed by atoms with van der Waals surface area (Å²) in [6, 6.07) is 0. The number of nitrogens with one attached hydrogen (secondary N) is 2. The number of likely N-dealkylation sites (tertiary alicyclic amines) is 3. The molecule has 0 bridgehead atoms. The molecule has 12 nitrogen and oxygen atoms in total. The second-order valence-electron chi connectivity index (χ2n) is 15.1. The van der Waals surface area contributed by atoms with E-state index < -0.39 is 37.2 Å². The fourth-order valence-corrected chi connectivity index (χ4v) is 8.66. The van der Waals surface area contributed by atoms with Gasteiger partial charge in [-0.25, -0.2) is 4.39 Å². The number of hydrogen-bond donors (Lipinski definition) is 7. The zero-order valence-electron chi connectivity index (χ0n) is 27.8. The monoisotopic (exact) mass is 691 g/mol. The first kappa shape index (κ1) is 37.5. The number of carbonyl (C=O) groups excluding carboxylic acids is 1. The Bertz CT molecular complexity index is 978. The number of amides is 1. The Morgan fingerprint density at radius 3 is 2.36 bits per heavy atom. The molecule has 1 spiro atoms. The van der Waals surface area contributed by atoms with E-state index in [1.54, 1.807) is 0 Å². The van der Waals surface area contributed by atoms with Crippen LogP contribution in [0.15, 0.2) is 0 Å². The number of nitrogens with zero attached hydrogens (tertiary/aromatic N) is 3. The van der Waals surface area contributed by atoms with E-state index in [9.17, 15) is 25.2 Å². The third-order valence-electron chi connectivity index (χ3n) is 11.6. The van der Waals surface area contributed by atoms with Gasteiger partial charge in [-0.3, -0.25) is 20.3 Å². The van der Waals surface area contributed by atoms with E-state index in [4.69, 9.17) is 21.4 Å². The van der Waals surface area contributed by atoms with Crippen molar-refractivity contribution in [2.45, 2.75) is 113 Å². The number of β-amino-alcohol motifs (C(OH)–C–C–N with tert-alkyl or cyclic N) is 1. The number of alkyl halides is 2. The van der Waals surface area contributed by atoms with Gasteiger partial charge in [-0.1, -0.05) is 0 Å². The molecule has 4 unspecified atom stereocenters. The van der Waals surface area contributed by atoms with Crippen LogP contribution in [-0.4, -0.2) is 167 Å². The van der Waals surface area contributed by atoms with Crippen molar-refractivity contribution in [2.75, 3.05) is 72.1 Å². The number of halogens is 2. The zero-order valence-corrected chi connectivity index (χ0v) is 28.5. The van der Waals surface area contributed by atoms with Crippen LogP contribution in [0.25, 0.3) is 0 Å². The largest absolute Gasteiger partial charge is 0.394 e. The highest BCUT2D eigenvalue weighted by Crippen LogP contribution is 2.41. The fraction of sp³-hybridized carbons (Fsp3) is 0.970. The van der Waals surface area contributed by atoms with Gasteiger partial charge in [0.2, 0.25) is 5.91 Å². The molecule has 4 heterocycles. The lowest BCUT2D eigenvalue weighted by atomic mass is 9.83. The summed E-state index contributed by atoms with van der Waals surface area (Å²) in [5.74, 6) is 0.441. The van der Waals surface area contributed by atoms with E-state index in [0.29, 0.717) is 51.5 Å². The van der Waals surface area contributed by atoms with E-state index in [0.717, 1.165) is 58.3 Å². The molecule has 4 saturated heterocycles. The van der Waals surface area contributed by atoms with Gasteiger partial charge >= 0.3 is 0 Å². The summed E-state index contributed by atoms with van der Waals surface area (Å²) < 4.78 is 21.4. The smallest absolute Gasteiger partial charge is 0.222 e. The van der Waals surface area contributed by atoms with Gasteiger partial charge in [-0.05, 0) is 69.7 Å². The second-order valence-corrected chi connectivity index (χ2v) is 15.7. The van der Waals surface area contributed by atoms with Gasteiger partial charge in [0.25, 0.3) is 0 Å². The maximum atomic E-state index is 15.2. The van der Waals surface area contributed by atoms with Crippen molar-refractivity contribution in [2.24, 2.45) is 17.3 Å². The van der Waals surface area contributed by atoms with Gasteiger partial charge in [-0.2, -0.15) is 0 Å². The van der Waals surface area contributed by atoms with Crippen LogP contribution >= 0.6 is 11.6 Å². The molecule has 8 atom stereocenters. The predicted molar refractivity (Wildman–Crippen MR) is 175 cm³/mol. The van der Waals surface area contributed by atoms with Crippen LogP contribution < -0.4 is 10.6 Å². The van der Waals surface area contributed by atoms with Crippen LogP contribution in [0.1, 0.15) is 64.2 Å². The maximum absolute atomic E-state index is 15.2. The molecular formula is C33H59ClFN5O7. The fourth-order valence-electron chi connectivity index (χ4n) is 8.48. The second kappa shape index (κ2) is 17.5. The molecule has 0 aromatic carbocycles. The molecular weight excluding hydrogens is 633 g/mol. The van der Waals surface area contributed by atoms with Crippen molar-refractivity contribution in [1.82, 2.24) is 25.3 Å². The normalized spacial score (nSPS) is 35.7. The molecule has 0 aromatic heterocycles. The van der Waals surface area contributed by atoms with Crippen molar-refractivity contribution in [1.29, 1.82) is 0 Å². The Kier molecular flexibility index (Phi) is 14.0. The summed E-state index contributed by atoms with van der Waals surface area (Å²) in [6.45, 7) is 6.47. The number of rotatable bonds is 14. The van der Waals surface area contributed by atoms with E-state index >= 15 is 4.39 Å².